The van der Waals surface area contributed by atoms with Crippen LogP contribution >= 0.6 is 11.3 Å². The molecule has 2 atom stereocenters. The zero-order chi connectivity index (χ0) is 34.4. The van der Waals surface area contributed by atoms with E-state index in [-0.39, 0.29) is 42.8 Å². The van der Waals surface area contributed by atoms with Crippen molar-refractivity contribution in [3.05, 3.63) is 97.8 Å². The van der Waals surface area contributed by atoms with Crippen LogP contribution in [0.4, 0.5) is 0 Å². The highest BCUT2D eigenvalue weighted by Crippen LogP contribution is 2.26. The summed E-state index contributed by atoms with van der Waals surface area (Å²) in [6.07, 6.45) is 2.09. The van der Waals surface area contributed by atoms with Crippen molar-refractivity contribution in [1.29, 1.82) is 0 Å². The van der Waals surface area contributed by atoms with Crippen molar-refractivity contribution in [1.82, 2.24) is 40.4 Å². The molecule has 0 unspecified atom stereocenters. The van der Waals surface area contributed by atoms with E-state index in [1.54, 1.807) is 25.3 Å². The van der Waals surface area contributed by atoms with Crippen LogP contribution < -0.4 is 21.6 Å². The number of carbonyl (C=O) groups is 4. The molecule has 4 bridgehead atoms. The molecule has 3 aromatic heterocycles. The zero-order valence-electron chi connectivity index (χ0n) is 27.2. The van der Waals surface area contributed by atoms with Gasteiger partial charge in [0.05, 0.1) is 12.6 Å². The maximum atomic E-state index is 13.6. The van der Waals surface area contributed by atoms with E-state index in [4.69, 9.17) is 4.42 Å². The molecule has 1 aliphatic rings. The third-order valence-electron chi connectivity index (χ3n) is 7.73. The largest absolute Gasteiger partial charge is 0.446 e. The third-order valence-corrected chi connectivity index (χ3v) is 8.69. The fraction of sp³-hybridized carbons (Fsp3) is 0.394. The Labute approximate surface area is 281 Å². The summed E-state index contributed by atoms with van der Waals surface area (Å²) < 4.78 is 6.99. The average molecular weight is 675 g/mol. The summed E-state index contributed by atoms with van der Waals surface area (Å²) in [6.45, 7) is 6.66. The Balaban J connectivity index is 1.48. The van der Waals surface area contributed by atoms with Gasteiger partial charge < -0.3 is 25.3 Å². The molecule has 0 radical (unpaired) electrons. The summed E-state index contributed by atoms with van der Waals surface area (Å²) in [5.41, 5.74) is 1.55. The molecule has 4 heterocycles. The number of oxazole rings is 1. The molecular formula is C33H38N8O6S. The van der Waals surface area contributed by atoms with Crippen molar-refractivity contribution < 1.29 is 23.6 Å². The lowest BCUT2D eigenvalue weighted by atomic mass is 10.0. The van der Waals surface area contributed by atoms with Gasteiger partial charge in [0.2, 0.25) is 17.7 Å². The first-order chi connectivity index (χ1) is 23.0. The molecule has 15 heteroatoms. The molecular weight excluding hydrogens is 636 g/mol. The van der Waals surface area contributed by atoms with Crippen LogP contribution in [-0.2, 0) is 22.6 Å². The van der Waals surface area contributed by atoms with Crippen molar-refractivity contribution in [2.75, 3.05) is 19.6 Å². The predicted octanol–water partition coefficient (Wildman–Crippen LogP) is 2.49. The lowest BCUT2D eigenvalue weighted by Crippen LogP contribution is -2.47. The SMILES string of the molecule is Cc1cc(C)n(CC(=O)N2CCNC(=O)c3csc(n3)[C@H](CC(C)C)NC(=O)c3coc(n3)[C@H](Cc3ccccc3)NC(=O)C2)c(=O)n1. The number of hydrogen-bond donors (Lipinski definition) is 3. The van der Waals surface area contributed by atoms with Gasteiger partial charge in [-0.15, -0.1) is 11.3 Å². The number of thiazole rings is 1. The van der Waals surface area contributed by atoms with Crippen LogP contribution in [0.2, 0.25) is 0 Å². The third kappa shape index (κ3) is 8.59. The fourth-order valence-electron chi connectivity index (χ4n) is 5.38. The number of aromatic nitrogens is 4. The minimum atomic E-state index is -0.781. The maximum absolute atomic E-state index is 13.6. The lowest BCUT2D eigenvalue weighted by molar-refractivity contribution is -0.136. The molecule has 0 fully saturated rings. The highest BCUT2D eigenvalue weighted by atomic mass is 32.1. The van der Waals surface area contributed by atoms with Crippen LogP contribution in [0.1, 0.15) is 81.2 Å². The Morgan fingerprint density at radius 1 is 1.00 bits per heavy atom. The van der Waals surface area contributed by atoms with Gasteiger partial charge in [-0.2, -0.15) is 4.98 Å². The molecule has 252 valence electrons. The van der Waals surface area contributed by atoms with Crippen LogP contribution in [0.25, 0.3) is 0 Å². The van der Waals surface area contributed by atoms with Crippen LogP contribution in [0.5, 0.6) is 0 Å². The summed E-state index contributed by atoms with van der Waals surface area (Å²) in [4.78, 5) is 80.4. The number of fused-ring (bicyclic) bond motifs is 4. The molecule has 0 saturated carbocycles. The maximum Gasteiger partial charge on any atom is 0.348 e. The van der Waals surface area contributed by atoms with Gasteiger partial charge in [0.25, 0.3) is 11.8 Å². The second-order valence-corrected chi connectivity index (χ2v) is 13.0. The van der Waals surface area contributed by atoms with Gasteiger partial charge in [0.1, 0.15) is 29.6 Å². The molecule has 4 aromatic rings. The number of hydrogen-bond acceptors (Lipinski definition) is 10. The normalized spacial score (nSPS) is 17.7. The Morgan fingerprint density at radius 3 is 2.50 bits per heavy atom. The number of amides is 4. The van der Waals surface area contributed by atoms with Gasteiger partial charge >= 0.3 is 5.69 Å². The second-order valence-electron chi connectivity index (χ2n) is 12.1. The van der Waals surface area contributed by atoms with E-state index in [0.29, 0.717) is 29.2 Å². The molecule has 5 rings (SSSR count). The lowest BCUT2D eigenvalue weighted by Gasteiger charge is -2.24. The van der Waals surface area contributed by atoms with Gasteiger partial charge in [-0.3, -0.25) is 23.7 Å². The number of nitrogens with zero attached hydrogens (tertiary/aromatic N) is 5. The molecule has 1 aliphatic heterocycles. The number of nitrogens with one attached hydrogen (secondary N) is 3. The van der Waals surface area contributed by atoms with Crippen molar-refractivity contribution in [2.45, 2.75) is 59.2 Å². The molecule has 0 aliphatic carbocycles. The van der Waals surface area contributed by atoms with E-state index in [1.807, 2.05) is 44.2 Å². The summed E-state index contributed by atoms with van der Waals surface area (Å²) in [5, 5.41) is 10.8. The minimum Gasteiger partial charge on any atom is -0.446 e. The van der Waals surface area contributed by atoms with E-state index < -0.39 is 47.9 Å². The summed E-state index contributed by atoms with van der Waals surface area (Å²) in [6, 6.07) is 9.80. The smallest absolute Gasteiger partial charge is 0.348 e. The molecule has 48 heavy (non-hydrogen) atoms. The van der Waals surface area contributed by atoms with Crippen LogP contribution in [0.3, 0.4) is 0 Å². The highest BCUT2D eigenvalue weighted by Gasteiger charge is 2.28. The standard InChI is InChI=1S/C33H38N8O6S/c1-19(2)12-24-32-39-26(18-48-32)29(44)34-10-11-40(28(43)16-41-21(4)13-20(3)35-33(41)46)15-27(42)36-23(14-22-8-6-5-7-9-22)31-38-25(17-47-31)30(45)37-24/h5-9,13,17-19,23-24H,10-12,14-16H2,1-4H3,(H,34,44)(H,36,42)(H,37,45)/t23-,24-/m0/s1. The Kier molecular flexibility index (Phi) is 10.8. The van der Waals surface area contributed by atoms with Crippen LogP contribution in [-0.4, -0.2) is 67.7 Å². The van der Waals surface area contributed by atoms with Gasteiger partial charge in [-0.1, -0.05) is 44.2 Å². The Morgan fingerprint density at radius 2 is 1.77 bits per heavy atom. The Hall–Kier alpha value is -5.18. The Bertz CT molecular complexity index is 1850. The first kappa shape index (κ1) is 34.2. The molecule has 0 saturated heterocycles. The number of carbonyl (C=O) groups excluding carboxylic acids is 4. The first-order valence-corrected chi connectivity index (χ1v) is 16.5. The predicted molar refractivity (Wildman–Crippen MR) is 176 cm³/mol. The van der Waals surface area contributed by atoms with Crippen molar-refractivity contribution in [3.63, 3.8) is 0 Å². The van der Waals surface area contributed by atoms with Crippen molar-refractivity contribution >= 4 is 35.0 Å². The molecule has 14 nitrogen and oxygen atoms in total. The van der Waals surface area contributed by atoms with Crippen LogP contribution in [0.15, 0.2) is 57.3 Å². The fourth-order valence-corrected chi connectivity index (χ4v) is 6.24. The van der Waals surface area contributed by atoms with Gasteiger partial charge in [0, 0.05) is 36.3 Å². The summed E-state index contributed by atoms with van der Waals surface area (Å²) in [5.74, 6) is -1.69. The average Bonchev–Trinajstić information content (AvgIpc) is 3.73. The minimum absolute atomic E-state index is 0.00738. The number of benzene rings is 1. The van der Waals surface area contributed by atoms with Gasteiger partial charge in [-0.05, 0) is 37.8 Å². The second kappa shape index (κ2) is 15.2. The van der Waals surface area contributed by atoms with E-state index in [1.165, 1.54) is 27.1 Å². The summed E-state index contributed by atoms with van der Waals surface area (Å²) >= 11 is 1.25. The topological polar surface area (TPSA) is 181 Å². The molecule has 0 spiro atoms. The number of aryl methyl sites for hydroxylation is 2. The van der Waals surface area contributed by atoms with E-state index in [0.717, 1.165) is 5.56 Å². The zero-order valence-corrected chi connectivity index (χ0v) is 28.0. The van der Waals surface area contributed by atoms with E-state index in [2.05, 4.69) is 30.9 Å². The van der Waals surface area contributed by atoms with E-state index >= 15 is 0 Å². The monoisotopic (exact) mass is 674 g/mol. The molecule has 4 amide bonds. The number of rotatable bonds is 6. The van der Waals surface area contributed by atoms with Gasteiger partial charge in [0.15, 0.2) is 5.69 Å². The quantitative estimate of drug-likeness (QED) is 0.277. The van der Waals surface area contributed by atoms with Crippen LogP contribution in [0, 0.1) is 19.8 Å². The van der Waals surface area contributed by atoms with E-state index in [9.17, 15) is 24.0 Å². The first-order valence-electron chi connectivity index (χ1n) is 15.6. The highest BCUT2D eigenvalue weighted by molar-refractivity contribution is 7.09. The van der Waals surface area contributed by atoms with Crippen molar-refractivity contribution in [2.24, 2.45) is 5.92 Å². The van der Waals surface area contributed by atoms with Crippen molar-refractivity contribution in [3.8, 4) is 0 Å². The van der Waals surface area contributed by atoms with Gasteiger partial charge in [-0.25, -0.2) is 14.8 Å². The molecule has 3 N–H and O–H groups in total. The summed E-state index contributed by atoms with van der Waals surface area (Å²) in [7, 11) is 0. The molecule has 1 aromatic carbocycles.